The van der Waals surface area contributed by atoms with Crippen molar-refractivity contribution < 1.29 is 23.1 Å². The third-order valence-corrected chi connectivity index (χ3v) is 5.36. The van der Waals surface area contributed by atoms with E-state index in [0.717, 1.165) is 36.8 Å². The molecular formula is C22H18F3N7O2. The van der Waals surface area contributed by atoms with Crippen LogP contribution in [-0.2, 0) is 0 Å². The van der Waals surface area contributed by atoms with Gasteiger partial charge in [-0.05, 0) is 37.1 Å². The van der Waals surface area contributed by atoms with E-state index in [1.54, 1.807) is 24.5 Å². The zero-order valence-electron chi connectivity index (χ0n) is 17.5. The lowest BCUT2D eigenvalue weighted by molar-refractivity contribution is -0.207. The highest BCUT2D eigenvalue weighted by Crippen LogP contribution is 2.37. The molecule has 5 rings (SSSR count). The Morgan fingerprint density at radius 1 is 1.15 bits per heavy atom. The lowest BCUT2D eigenvalue weighted by Gasteiger charge is -2.11. The third-order valence-electron chi connectivity index (χ3n) is 5.36. The van der Waals surface area contributed by atoms with Gasteiger partial charge in [0.2, 0.25) is 0 Å². The number of nitrogens with one attached hydrogen (secondary N) is 1. The summed E-state index contributed by atoms with van der Waals surface area (Å²) in [6, 6.07) is 10.5. The van der Waals surface area contributed by atoms with Crippen molar-refractivity contribution in [2.45, 2.75) is 31.2 Å². The van der Waals surface area contributed by atoms with Gasteiger partial charge in [0.1, 0.15) is 12.0 Å². The molecule has 1 saturated carbocycles. The number of rotatable bonds is 6. The van der Waals surface area contributed by atoms with Gasteiger partial charge in [0, 0.05) is 29.7 Å². The molecule has 1 amide bonds. The van der Waals surface area contributed by atoms with Crippen molar-refractivity contribution in [2.24, 2.45) is 0 Å². The van der Waals surface area contributed by atoms with Crippen LogP contribution in [0.4, 0.5) is 18.9 Å². The molecule has 0 aliphatic heterocycles. The summed E-state index contributed by atoms with van der Waals surface area (Å²) in [6.07, 6.45) is -0.134. The molecule has 3 aromatic heterocycles. The number of amides is 1. The molecule has 12 heteroatoms. The Kier molecular flexibility index (Phi) is 5.36. The van der Waals surface area contributed by atoms with Crippen molar-refractivity contribution in [1.29, 1.82) is 0 Å². The molecule has 174 valence electrons. The van der Waals surface area contributed by atoms with Gasteiger partial charge in [0.15, 0.2) is 11.9 Å². The van der Waals surface area contributed by atoms with Gasteiger partial charge in [-0.2, -0.15) is 13.2 Å². The highest BCUT2D eigenvalue weighted by Gasteiger charge is 2.40. The summed E-state index contributed by atoms with van der Waals surface area (Å²) >= 11 is 0. The van der Waals surface area contributed by atoms with E-state index in [-0.39, 0.29) is 5.69 Å². The fourth-order valence-corrected chi connectivity index (χ4v) is 3.49. The van der Waals surface area contributed by atoms with Crippen LogP contribution in [0.2, 0.25) is 0 Å². The van der Waals surface area contributed by atoms with Gasteiger partial charge in [-0.25, -0.2) is 4.98 Å². The molecule has 4 aromatic rings. The fourth-order valence-electron chi connectivity index (χ4n) is 3.49. The molecule has 1 aromatic carbocycles. The summed E-state index contributed by atoms with van der Waals surface area (Å²) in [5.74, 6) is 0.217. The summed E-state index contributed by atoms with van der Waals surface area (Å²) in [7, 11) is 0. The first-order valence-corrected chi connectivity index (χ1v) is 10.4. The molecule has 0 bridgehead atoms. The van der Waals surface area contributed by atoms with Crippen molar-refractivity contribution in [2.75, 3.05) is 5.32 Å². The van der Waals surface area contributed by atoms with Gasteiger partial charge in [-0.15, -0.1) is 10.2 Å². The van der Waals surface area contributed by atoms with E-state index in [0.29, 0.717) is 17.4 Å². The van der Waals surface area contributed by atoms with Crippen molar-refractivity contribution >= 4 is 11.6 Å². The molecular weight excluding hydrogens is 451 g/mol. The second kappa shape index (κ2) is 8.37. The molecule has 0 spiro atoms. The van der Waals surface area contributed by atoms with E-state index < -0.39 is 23.9 Å². The van der Waals surface area contributed by atoms with Crippen LogP contribution in [0.5, 0.6) is 0 Å². The van der Waals surface area contributed by atoms with Gasteiger partial charge in [0.05, 0.1) is 17.7 Å². The Bertz CT molecular complexity index is 1340. The fraction of sp³-hybridized carbons (Fsp3) is 0.227. The van der Waals surface area contributed by atoms with Crippen molar-refractivity contribution in [1.82, 2.24) is 29.3 Å². The van der Waals surface area contributed by atoms with E-state index in [1.807, 2.05) is 10.6 Å². The van der Waals surface area contributed by atoms with Gasteiger partial charge in [-0.3, -0.25) is 9.78 Å². The summed E-state index contributed by atoms with van der Waals surface area (Å²) in [6.45, 7) is 0. The molecule has 1 unspecified atom stereocenters. The number of aliphatic hydroxyl groups is 1. The highest BCUT2D eigenvalue weighted by molar-refractivity contribution is 6.03. The summed E-state index contributed by atoms with van der Waals surface area (Å²) in [4.78, 5) is 20.5. The number of carbonyl (C=O) groups excluding carboxylic acids is 1. The second-order valence-corrected chi connectivity index (χ2v) is 7.88. The van der Waals surface area contributed by atoms with E-state index in [4.69, 9.17) is 0 Å². The summed E-state index contributed by atoms with van der Waals surface area (Å²) in [5, 5.41) is 20.3. The summed E-state index contributed by atoms with van der Waals surface area (Å²) in [5.41, 5.74) is 1.19. The lowest BCUT2D eigenvalue weighted by Crippen LogP contribution is -2.20. The predicted octanol–water partition coefficient (Wildman–Crippen LogP) is 3.71. The van der Waals surface area contributed by atoms with Crippen molar-refractivity contribution in [3.8, 4) is 17.1 Å². The molecule has 34 heavy (non-hydrogen) atoms. The van der Waals surface area contributed by atoms with Crippen LogP contribution in [0, 0.1) is 0 Å². The first kappa shape index (κ1) is 21.8. The van der Waals surface area contributed by atoms with Gasteiger partial charge in [-0.1, -0.05) is 12.1 Å². The molecule has 3 heterocycles. The Morgan fingerprint density at radius 3 is 2.74 bits per heavy atom. The van der Waals surface area contributed by atoms with Crippen molar-refractivity contribution in [3.63, 3.8) is 0 Å². The van der Waals surface area contributed by atoms with Crippen LogP contribution in [-0.4, -0.2) is 46.5 Å². The van der Waals surface area contributed by atoms with Gasteiger partial charge >= 0.3 is 6.18 Å². The number of alkyl halides is 3. The zero-order chi connectivity index (χ0) is 23.9. The summed E-state index contributed by atoms with van der Waals surface area (Å²) < 4.78 is 41.5. The molecule has 9 nitrogen and oxygen atoms in total. The number of pyridine rings is 1. The van der Waals surface area contributed by atoms with Crippen molar-refractivity contribution in [3.05, 3.63) is 72.8 Å². The Morgan fingerprint density at radius 2 is 1.97 bits per heavy atom. The Balaban J connectivity index is 1.34. The van der Waals surface area contributed by atoms with Crippen LogP contribution in [0.15, 0.2) is 61.4 Å². The normalized spacial score (nSPS) is 14.7. The maximum Gasteiger partial charge on any atom is 0.420 e. The maximum absolute atomic E-state index is 12.8. The van der Waals surface area contributed by atoms with Crippen LogP contribution in [0.1, 0.15) is 41.2 Å². The maximum atomic E-state index is 12.8. The Labute approximate surface area is 190 Å². The number of anilines is 1. The smallest absolute Gasteiger partial charge is 0.378 e. The van der Waals surface area contributed by atoms with Crippen LogP contribution in [0.3, 0.4) is 0 Å². The number of hydrogen-bond acceptors (Lipinski definition) is 6. The molecule has 0 saturated heterocycles. The van der Waals surface area contributed by atoms with E-state index in [2.05, 4.69) is 25.5 Å². The van der Waals surface area contributed by atoms with Gasteiger partial charge < -0.3 is 19.6 Å². The standard InChI is InChI=1S/C22H18F3N7O2/c23-22(24,25)19(33)18-10-31(11-27-18)16-6-7-26-17(9-16)21(34)29-14-3-1-2-13(8-14)20-30-28-12-32(20)15-4-5-15/h1-3,6-12,15,19,33H,4-5H2,(H,29,34). The number of carbonyl (C=O) groups is 1. The minimum absolute atomic E-state index is 0.0515. The SMILES string of the molecule is O=C(Nc1cccc(-c2nncn2C2CC2)c1)c1cc(-n2cnc(C(O)C(F)(F)F)c2)ccn1. The highest BCUT2D eigenvalue weighted by atomic mass is 19.4. The zero-order valence-corrected chi connectivity index (χ0v) is 17.5. The number of benzene rings is 1. The topological polar surface area (TPSA) is 111 Å². The minimum Gasteiger partial charge on any atom is -0.378 e. The predicted molar refractivity (Wildman–Crippen MR) is 114 cm³/mol. The average molecular weight is 469 g/mol. The number of halogens is 3. The molecule has 1 atom stereocenters. The molecule has 1 fully saturated rings. The van der Waals surface area contributed by atoms with Crippen LogP contribution in [0.25, 0.3) is 17.1 Å². The number of imidazole rings is 1. The second-order valence-electron chi connectivity index (χ2n) is 7.88. The molecule has 2 N–H and O–H groups in total. The van der Waals surface area contributed by atoms with E-state index in [1.165, 1.54) is 22.9 Å². The minimum atomic E-state index is -4.83. The number of hydrogen-bond donors (Lipinski definition) is 2. The molecule has 1 aliphatic carbocycles. The number of aromatic nitrogens is 6. The first-order valence-electron chi connectivity index (χ1n) is 10.4. The Hall–Kier alpha value is -4.06. The van der Waals surface area contributed by atoms with E-state index in [9.17, 15) is 23.1 Å². The molecule has 1 aliphatic rings. The van der Waals surface area contributed by atoms with Crippen LogP contribution >= 0.6 is 0 Å². The van der Waals surface area contributed by atoms with E-state index >= 15 is 0 Å². The van der Waals surface area contributed by atoms with Gasteiger partial charge in [0.25, 0.3) is 5.91 Å². The number of nitrogens with zero attached hydrogens (tertiary/aromatic N) is 6. The largest absolute Gasteiger partial charge is 0.420 e. The number of aliphatic hydroxyl groups excluding tert-OH is 1. The third kappa shape index (κ3) is 4.39. The quantitative estimate of drug-likeness (QED) is 0.446. The first-order chi connectivity index (χ1) is 16.3. The monoisotopic (exact) mass is 469 g/mol. The lowest BCUT2D eigenvalue weighted by atomic mass is 10.2. The molecule has 0 radical (unpaired) electrons. The van der Waals surface area contributed by atoms with Crippen LogP contribution < -0.4 is 5.32 Å². The average Bonchev–Trinajstić information content (AvgIpc) is 3.33.